The van der Waals surface area contributed by atoms with Crippen LogP contribution in [0.4, 0.5) is 0 Å². The van der Waals surface area contributed by atoms with Gasteiger partial charge in [-0.25, -0.2) is 0 Å². The molecule has 1 heterocycles. The van der Waals surface area contributed by atoms with Crippen LogP contribution >= 0.6 is 11.8 Å². The molecule has 0 aliphatic rings. The Kier molecular flexibility index (Phi) is 6.25. The van der Waals surface area contributed by atoms with Crippen LogP contribution in [-0.4, -0.2) is 29.6 Å². The van der Waals surface area contributed by atoms with Crippen molar-refractivity contribution < 1.29 is 9.21 Å². The van der Waals surface area contributed by atoms with Crippen molar-refractivity contribution >= 4 is 17.7 Å². The van der Waals surface area contributed by atoms with Gasteiger partial charge in [0.15, 0.2) is 0 Å². The average molecular weight is 251 g/mol. The number of hydrogen-bond donors (Lipinski definition) is 0. The van der Waals surface area contributed by atoms with Gasteiger partial charge in [-0.2, -0.15) is 0 Å². The van der Waals surface area contributed by atoms with E-state index in [2.05, 4.69) is 13.2 Å². The minimum Gasteiger partial charge on any atom is -0.468 e. The Hall–Kier alpha value is -1.42. The van der Waals surface area contributed by atoms with E-state index in [0.29, 0.717) is 18.8 Å². The van der Waals surface area contributed by atoms with Crippen molar-refractivity contribution in [3.63, 3.8) is 0 Å². The fourth-order valence-electron chi connectivity index (χ4n) is 1.31. The summed E-state index contributed by atoms with van der Waals surface area (Å²) in [5, 5.41) is 0. The summed E-state index contributed by atoms with van der Waals surface area (Å²) < 4.78 is 5.19. The molecule has 0 saturated heterocycles. The first kappa shape index (κ1) is 13.6. The second-order valence-electron chi connectivity index (χ2n) is 3.45. The van der Waals surface area contributed by atoms with Gasteiger partial charge in [0.1, 0.15) is 5.76 Å². The first-order chi connectivity index (χ1) is 8.27. The molecule has 0 bridgehead atoms. The Labute approximate surface area is 106 Å². The van der Waals surface area contributed by atoms with Crippen molar-refractivity contribution in [1.82, 2.24) is 4.90 Å². The van der Waals surface area contributed by atoms with Crippen LogP contribution in [0.15, 0.2) is 48.1 Å². The monoisotopic (exact) mass is 251 g/mol. The SMILES string of the molecule is C=CCN(CC=C)C(=O)CSCc1ccco1. The van der Waals surface area contributed by atoms with Crippen molar-refractivity contribution in [3.05, 3.63) is 49.5 Å². The number of amides is 1. The minimum absolute atomic E-state index is 0.0985. The molecular weight excluding hydrogens is 234 g/mol. The normalized spacial score (nSPS) is 9.88. The average Bonchev–Trinajstić information content (AvgIpc) is 2.81. The van der Waals surface area contributed by atoms with E-state index in [1.165, 1.54) is 0 Å². The quantitative estimate of drug-likeness (QED) is 0.666. The zero-order valence-corrected chi connectivity index (χ0v) is 10.6. The maximum Gasteiger partial charge on any atom is 0.233 e. The van der Waals surface area contributed by atoms with Crippen molar-refractivity contribution in [1.29, 1.82) is 0 Å². The maximum absolute atomic E-state index is 11.8. The van der Waals surface area contributed by atoms with Gasteiger partial charge in [0.05, 0.1) is 17.8 Å². The standard InChI is InChI=1S/C13H17NO2S/c1-3-7-14(8-4-2)13(15)11-17-10-12-6-5-9-16-12/h3-6,9H,1-2,7-8,10-11H2. The van der Waals surface area contributed by atoms with E-state index in [9.17, 15) is 4.79 Å². The largest absolute Gasteiger partial charge is 0.468 e. The highest BCUT2D eigenvalue weighted by atomic mass is 32.2. The predicted octanol–water partition coefficient (Wildman–Crippen LogP) is 2.71. The number of carbonyl (C=O) groups is 1. The first-order valence-corrected chi connectivity index (χ1v) is 6.53. The highest BCUT2D eigenvalue weighted by Gasteiger charge is 2.10. The fourth-order valence-corrected chi connectivity index (χ4v) is 2.14. The number of rotatable bonds is 8. The predicted molar refractivity (Wildman–Crippen MR) is 71.8 cm³/mol. The molecule has 3 nitrogen and oxygen atoms in total. The molecule has 1 rings (SSSR count). The van der Waals surface area contributed by atoms with E-state index in [-0.39, 0.29) is 5.91 Å². The zero-order valence-electron chi connectivity index (χ0n) is 9.80. The second-order valence-corrected chi connectivity index (χ2v) is 4.43. The molecule has 1 aromatic rings. The van der Waals surface area contributed by atoms with E-state index in [1.807, 2.05) is 12.1 Å². The van der Waals surface area contributed by atoms with Crippen LogP contribution in [0.3, 0.4) is 0 Å². The third-order valence-electron chi connectivity index (χ3n) is 2.10. The molecule has 0 aliphatic heterocycles. The van der Waals surface area contributed by atoms with Gasteiger partial charge in [-0.15, -0.1) is 24.9 Å². The van der Waals surface area contributed by atoms with E-state index >= 15 is 0 Å². The van der Waals surface area contributed by atoms with Crippen LogP contribution in [0.5, 0.6) is 0 Å². The molecule has 0 unspecified atom stereocenters. The number of hydrogen-bond acceptors (Lipinski definition) is 3. The highest BCUT2D eigenvalue weighted by Crippen LogP contribution is 2.13. The van der Waals surface area contributed by atoms with Gasteiger partial charge in [0.25, 0.3) is 0 Å². The van der Waals surface area contributed by atoms with Crippen LogP contribution < -0.4 is 0 Å². The van der Waals surface area contributed by atoms with Gasteiger partial charge in [-0.05, 0) is 12.1 Å². The highest BCUT2D eigenvalue weighted by molar-refractivity contribution is 7.99. The molecule has 0 saturated carbocycles. The van der Waals surface area contributed by atoms with Crippen LogP contribution in [-0.2, 0) is 10.5 Å². The third kappa shape index (κ3) is 4.95. The van der Waals surface area contributed by atoms with Gasteiger partial charge in [-0.1, -0.05) is 12.2 Å². The van der Waals surface area contributed by atoms with Crippen molar-refractivity contribution in [2.75, 3.05) is 18.8 Å². The summed E-state index contributed by atoms with van der Waals surface area (Å²) >= 11 is 1.55. The molecule has 0 radical (unpaired) electrons. The molecule has 92 valence electrons. The number of nitrogens with zero attached hydrogens (tertiary/aromatic N) is 1. The maximum atomic E-state index is 11.8. The fraction of sp³-hybridized carbons (Fsp3) is 0.308. The molecule has 1 amide bonds. The molecule has 0 spiro atoms. The molecular formula is C13H17NO2S. The minimum atomic E-state index is 0.0985. The summed E-state index contributed by atoms with van der Waals surface area (Å²) in [6, 6.07) is 3.75. The number of thioether (sulfide) groups is 1. The summed E-state index contributed by atoms with van der Waals surface area (Å²) in [5.41, 5.74) is 0. The van der Waals surface area contributed by atoms with Gasteiger partial charge in [0, 0.05) is 13.1 Å². The Morgan fingerprint density at radius 2 is 2.12 bits per heavy atom. The molecule has 0 atom stereocenters. The molecule has 0 N–H and O–H groups in total. The lowest BCUT2D eigenvalue weighted by atomic mass is 10.4. The second kappa shape index (κ2) is 7.79. The Morgan fingerprint density at radius 1 is 1.41 bits per heavy atom. The van der Waals surface area contributed by atoms with Gasteiger partial charge >= 0.3 is 0 Å². The molecule has 0 aliphatic carbocycles. The van der Waals surface area contributed by atoms with Gasteiger partial charge in [0.2, 0.25) is 5.91 Å². The molecule has 0 aromatic carbocycles. The lowest BCUT2D eigenvalue weighted by Crippen LogP contribution is -2.32. The zero-order chi connectivity index (χ0) is 12.5. The number of carbonyl (C=O) groups excluding carboxylic acids is 1. The summed E-state index contributed by atoms with van der Waals surface area (Å²) in [6.07, 6.45) is 5.08. The lowest BCUT2D eigenvalue weighted by molar-refractivity contribution is -0.127. The van der Waals surface area contributed by atoms with Crippen LogP contribution in [0.2, 0.25) is 0 Å². The lowest BCUT2D eigenvalue weighted by Gasteiger charge is -2.18. The van der Waals surface area contributed by atoms with Crippen molar-refractivity contribution in [2.45, 2.75) is 5.75 Å². The van der Waals surface area contributed by atoms with Crippen LogP contribution in [0, 0.1) is 0 Å². The summed E-state index contributed by atoms with van der Waals surface area (Å²) in [7, 11) is 0. The Balaban J connectivity index is 2.31. The Bertz CT molecular complexity index is 350. The smallest absolute Gasteiger partial charge is 0.233 e. The molecule has 17 heavy (non-hydrogen) atoms. The van der Waals surface area contributed by atoms with Crippen LogP contribution in [0.1, 0.15) is 5.76 Å². The summed E-state index contributed by atoms with van der Waals surface area (Å²) in [5.74, 6) is 2.15. The molecule has 4 heteroatoms. The van der Waals surface area contributed by atoms with Gasteiger partial charge in [-0.3, -0.25) is 4.79 Å². The topological polar surface area (TPSA) is 33.5 Å². The van der Waals surface area contributed by atoms with Crippen LogP contribution in [0.25, 0.3) is 0 Å². The van der Waals surface area contributed by atoms with E-state index in [4.69, 9.17) is 4.42 Å². The van der Waals surface area contributed by atoms with Crippen molar-refractivity contribution in [2.24, 2.45) is 0 Å². The molecule has 0 fully saturated rings. The van der Waals surface area contributed by atoms with E-state index in [0.717, 1.165) is 11.5 Å². The first-order valence-electron chi connectivity index (χ1n) is 5.37. The van der Waals surface area contributed by atoms with E-state index in [1.54, 1.807) is 35.1 Å². The van der Waals surface area contributed by atoms with Crippen molar-refractivity contribution in [3.8, 4) is 0 Å². The summed E-state index contributed by atoms with van der Waals surface area (Å²) in [6.45, 7) is 8.40. The van der Waals surface area contributed by atoms with E-state index < -0.39 is 0 Å². The molecule has 1 aromatic heterocycles. The number of furan rings is 1. The summed E-state index contributed by atoms with van der Waals surface area (Å²) in [4.78, 5) is 13.5. The van der Waals surface area contributed by atoms with Gasteiger partial charge < -0.3 is 9.32 Å². The Morgan fingerprint density at radius 3 is 2.65 bits per heavy atom. The third-order valence-corrected chi connectivity index (χ3v) is 3.04.